The number of rotatable bonds is 2. The SMILES string of the molecule is Cc1[nH]c(C(O)c2cc(Cl)ccc2Cl)c(C)c1C. The van der Waals surface area contributed by atoms with Gasteiger partial charge in [0.15, 0.2) is 0 Å². The quantitative estimate of drug-likeness (QED) is 0.846. The number of aliphatic hydroxyl groups is 1. The fraction of sp³-hybridized carbons (Fsp3) is 0.286. The molecule has 1 unspecified atom stereocenters. The van der Waals surface area contributed by atoms with Crippen LogP contribution >= 0.6 is 23.2 Å². The monoisotopic (exact) mass is 283 g/mol. The second-order valence-corrected chi connectivity index (χ2v) is 5.33. The zero-order chi connectivity index (χ0) is 13.4. The fourth-order valence-electron chi connectivity index (χ4n) is 2.03. The molecule has 1 aromatic heterocycles. The molecule has 4 heteroatoms. The maximum absolute atomic E-state index is 10.4. The standard InChI is InChI=1S/C14H15Cl2NO/c1-7-8(2)13(17-9(7)3)14(18)11-6-10(15)4-5-12(11)16/h4-6,14,17-18H,1-3H3. The molecule has 1 aromatic carbocycles. The van der Waals surface area contributed by atoms with Gasteiger partial charge in [-0.1, -0.05) is 23.2 Å². The van der Waals surface area contributed by atoms with Crippen molar-refractivity contribution in [3.63, 3.8) is 0 Å². The largest absolute Gasteiger partial charge is 0.382 e. The fourth-order valence-corrected chi connectivity index (χ4v) is 2.43. The number of aromatic amines is 1. The van der Waals surface area contributed by atoms with E-state index in [1.807, 2.05) is 20.8 Å². The third kappa shape index (κ3) is 2.28. The zero-order valence-corrected chi connectivity index (χ0v) is 12.0. The summed E-state index contributed by atoms with van der Waals surface area (Å²) in [7, 11) is 0. The lowest BCUT2D eigenvalue weighted by Crippen LogP contribution is -2.03. The molecule has 0 aliphatic carbocycles. The predicted molar refractivity (Wildman–Crippen MR) is 75.5 cm³/mol. The molecule has 0 aliphatic rings. The van der Waals surface area contributed by atoms with E-state index in [0.29, 0.717) is 15.6 Å². The van der Waals surface area contributed by atoms with E-state index >= 15 is 0 Å². The molecule has 2 nitrogen and oxygen atoms in total. The topological polar surface area (TPSA) is 36.0 Å². The van der Waals surface area contributed by atoms with E-state index < -0.39 is 6.10 Å². The molecule has 0 aliphatic heterocycles. The van der Waals surface area contributed by atoms with Crippen molar-refractivity contribution in [2.75, 3.05) is 0 Å². The molecule has 0 fully saturated rings. The van der Waals surface area contributed by atoms with Crippen molar-refractivity contribution in [2.45, 2.75) is 26.9 Å². The van der Waals surface area contributed by atoms with Crippen LogP contribution in [0.15, 0.2) is 18.2 Å². The minimum atomic E-state index is -0.788. The molecule has 18 heavy (non-hydrogen) atoms. The molecule has 2 aromatic rings. The third-order valence-electron chi connectivity index (χ3n) is 3.38. The number of hydrogen-bond donors (Lipinski definition) is 2. The lowest BCUT2D eigenvalue weighted by atomic mass is 10.0. The highest BCUT2D eigenvalue weighted by atomic mass is 35.5. The Morgan fingerprint density at radius 3 is 2.33 bits per heavy atom. The van der Waals surface area contributed by atoms with Gasteiger partial charge in [0.05, 0.1) is 5.69 Å². The van der Waals surface area contributed by atoms with Gasteiger partial charge in [-0.05, 0) is 50.1 Å². The Hall–Kier alpha value is -0.960. The molecule has 96 valence electrons. The smallest absolute Gasteiger partial charge is 0.121 e. The molecule has 1 heterocycles. The van der Waals surface area contributed by atoms with Gasteiger partial charge < -0.3 is 10.1 Å². The summed E-state index contributed by atoms with van der Waals surface area (Å²) in [6.07, 6.45) is -0.788. The van der Waals surface area contributed by atoms with Gasteiger partial charge in [-0.25, -0.2) is 0 Å². The lowest BCUT2D eigenvalue weighted by molar-refractivity contribution is 0.215. The number of hydrogen-bond acceptors (Lipinski definition) is 1. The summed E-state index contributed by atoms with van der Waals surface area (Å²) in [5, 5.41) is 11.5. The van der Waals surface area contributed by atoms with Crippen molar-refractivity contribution >= 4 is 23.2 Å². The summed E-state index contributed by atoms with van der Waals surface area (Å²) >= 11 is 12.1. The van der Waals surface area contributed by atoms with Crippen molar-refractivity contribution in [1.82, 2.24) is 4.98 Å². The van der Waals surface area contributed by atoms with Gasteiger partial charge in [0.1, 0.15) is 6.10 Å². The first kappa shape index (κ1) is 13.5. The molecule has 0 spiro atoms. The van der Waals surface area contributed by atoms with Gasteiger partial charge in [0.2, 0.25) is 0 Å². The Kier molecular flexibility index (Phi) is 3.71. The average molecular weight is 284 g/mol. The van der Waals surface area contributed by atoms with Gasteiger partial charge in [-0.15, -0.1) is 0 Å². The van der Waals surface area contributed by atoms with E-state index in [2.05, 4.69) is 4.98 Å². The van der Waals surface area contributed by atoms with Gasteiger partial charge in [0, 0.05) is 21.3 Å². The van der Waals surface area contributed by atoms with Crippen LogP contribution in [0.2, 0.25) is 10.0 Å². The summed E-state index contributed by atoms with van der Waals surface area (Å²) < 4.78 is 0. The highest BCUT2D eigenvalue weighted by Gasteiger charge is 2.19. The Balaban J connectivity index is 2.50. The zero-order valence-electron chi connectivity index (χ0n) is 10.5. The van der Waals surface area contributed by atoms with Crippen LogP contribution in [0.4, 0.5) is 0 Å². The normalized spacial score (nSPS) is 12.8. The van der Waals surface area contributed by atoms with Crippen molar-refractivity contribution in [3.05, 3.63) is 56.3 Å². The van der Waals surface area contributed by atoms with E-state index in [9.17, 15) is 5.11 Å². The molecule has 1 atom stereocenters. The highest BCUT2D eigenvalue weighted by Crippen LogP contribution is 2.32. The first-order valence-corrected chi connectivity index (χ1v) is 6.46. The van der Waals surface area contributed by atoms with Crippen LogP contribution in [-0.4, -0.2) is 10.1 Å². The van der Waals surface area contributed by atoms with E-state index in [-0.39, 0.29) is 0 Å². The summed E-state index contributed by atoms with van der Waals surface area (Å²) in [6.45, 7) is 5.99. The van der Waals surface area contributed by atoms with Crippen LogP contribution in [-0.2, 0) is 0 Å². The van der Waals surface area contributed by atoms with Gasteiger partial charge in [-0.3, -0.25) is 0 Å². The summed E-state index contributed by atoms with van der Waals surface area (Å²) in [4.78, 5) is 3.21. The van der Waals surface area contributed by atoms with E-state index in [0.717, 1.165) is 22.5 Å². The first-order valence-electron chi connectivity index (χ1n) is 5.70. The maximum Gasteiger partial charge on any atom is 0.121 e. The number of benzene rings is 1. The second kappa shape index (κ2) is 4.96. The minimum Gasteiger partial charge on any atom is -0.382 e. The molecular weight excluding hydrogens is 269 g/mol. The van der Waals surface area contributed by atoms with Crippen molar-refractivity contribution in [3.8, 4) is 0 Å². The van der Waals surface area contributed by atoms with E-state index in [1.54, 1.807) is 18.2 Å². The van der Waals surface area contributed by atoms with E-state index in [1.165, 1.54) is 0 Å². The number of halogens is 2. The number of nitrogens with one attached hydrogen (secondary N) is 1. The molecule has 0 radical (unpaired) electrons. The van der Waals surface area contributed by atoms with E-state index in [4.69, 9.17) is 23.2 Å². The Labute approximate surface area is 117 Å². The van der Waals surface area contributed by atoms with Gasteiger partial charge in [0.25, 0.3) is 0 Å². The van der Waals surface area contributed by atoms with Crippen LogP contribution in [0.5, 0.6) is 0 Å². The van der Waals surface area contributed by atoms with Crippen LogP contribution in [0.3, 0.4) is 0 Å². The molecule has 2 N–H and O–H groups in total. The second-order valence-electron chi connectivity index (χ2n) is 4.48. The molecule has 0 saturated heterocycles. The Morgan fingerprint density at radius 1 is 1.11 bits per heavy atom. The molecule has 0 amide bonds. The van der Waals surface area contributed by atoms with Gasteiger partial charge in [-0.2, -0.15) is 0 Å². The number of aryl methyl sites for hydroxylation is 1. The molecular formula is C14H15Cl2NO. The van der Waals surface area contributed by atoms with Crippen molar-refractivity contribution in [1.29, 1.82) is 0 Å². The van der Waals surface area contributed by atoms with Crippen molar-refractivity contribution in [2.24, 2.45) is 0 Å². The summed E-state index contributed by atoms with van der Waals surface area (Å²) in [5.74, 6) is 0. The highest BCUT2D eigenvalue weighted by molar-refractivity contribution is 6.33. The lowest BCUT2D eigenvalue weighted by Gasteiger charge is -2.13. The number of aliphatic hydroxyl groups excluding tert-OH is 1. The Morgan fingerprint density at radius 2 is 1.78 bits per heavy atom. The van der Waals surface area contributed by atoms with Gasteiger partial charge >= 0.3 is 0 Å². The molecule has 0 saturated carbocycles. The van der Waals surface area contributed by atoms with Crippen LogP contribution in [0.25, 0.3) is 0 Å². The minimum absolute atomic E-state index is 0.510. The predicted octanol–water partition coefficient (Wildman–Crippen LogP) is 4.33. The summed E-state index contributed by atoms with van der Waals surface area (Å²) in [6, 6.07) is 5.10. The Bertz CT molecular complexity index is 590. The van der Waals surface area contributed by atoms with Crippen LogP contribution in [0, 0.1) is 20.8 Å². The third-order valence-corrected chi connectivity index (χ3v) is 3.96. The molecule has 2 rings (SSSR count). The average Bonchev–Trinajstić information content (AvgIpc) is 2.59. The number of aromatic nitrogens is 1. The summed E-state index contributed by atoms with van der Waals surface area (Å²) in [5.41, 5.74) is 4.65. The first-order chi connectivity index (χ1) is 8.41. The molecule has 0 bridgehead atoms. The van der Waals surface area contributed by atoms with Crippen LogP contribution < -0.4 is 0 Å². The number of H-pyrrole nitrogens is 1. The van der Waals surface area contributed by atoms with Crippen molar-refractivity contribution < 1.29 is 5.11 Å². The maximum atomic E-state index is 10.4. The van der Waals surface area contributed by atoms with Crippen LogP contribution in [0.1, 0.15) is 34.2 Å².